The van der Waals surface area contributed by atoms with E-state index < -0.39 is 30.3 Å². The van der Waals surface area contributed by atoms with Gasteiger partial charge >= 0.3 is 13.1 Å². The predicted molar refractivity (Wildman–Crippen MR) is 68.8 cm³/mol. The van der Waals surface area contributed by atoms with Crippen molar-refractivity contribution >= 4 is 13.1 Å². The van der Waals surface area contributed by atoms with Crippen LogP contribution in [0.4, 0.5) is 0 Å². The van der Waals surface area contributed by atoms with E-state index in [9.17, 15) is 4.79 Å². The van der Waals surface area contributed by atoms with E-state index in [0.29, 0.717) is 5.60 Å². The van der Waals surface area contributed by atoms with E-state index in [1.807, 2.05) is 27.7 Å². The van der Waals surface area contributed by atoms with Crippen LogP contribution in [-0.2, 0) is 14.1 Å². The molecule has 1 unspecified atom stereocenters. The average Bonchev–Trinajstić information content (AvgIpc) is 2.43. The summed E-state index contributed by atoms with van der Waals surface area (Å²) >= 11 is 0. The molecule has 1 heterocycles. The SMILES string of the molecule is CN/C(=C\C(N)C(=O)O)B1OC(C)(C)C(C)(C)O1. The maximum Gasteiger partial charge on any atom is 0.511 e. The van der Waals surface area contributed by atoms with Crippen LogP contribution >= 0.6 is 0 Å². The lowest BCUT2D eigenvalue weighted by molar-refractivity contribution is -0.137. The second-order valence-corrected chi connectivity index (χ2v) is 5.32. The number of carbonyl (C=O) groups is 1. The average molecular weight is 256 g/mol. The topological polar surface area (TPSA) is 93.8 Å². The van der Waals surface area contributed by atoms with Crippen LogP contribution in [-0.4, -0.2) is 42.5 Å². The highest BCUT2D eigenvalue weighted by molar-refractivity contribution is 6.54. The van der Waals surface area contributed by atoms with Crippen LogP contribution in [0.5, 0.6) is 0 Å². The van der Waals surface area contributed by atoms with Gasteiger partial charge in [-0.15, -0.1) is 0 Å². The molecule has 18 heavy (non-hydrogen) atoms. The van der Waals surface area contributed by atoms with Crippen LogP contribution in [0.25, 0.3) is 0 Å². The molecular weight excluding hydrogens is 235 g/mol. The first-order chi connectivity index (χ1) is 8.10. The molecule has 0 aliphatic carbocycles. The van der Waals surface area contributed by atoms with Crippen LogP contribution in [0, 0.1) is 0 Å². The zero-order valence-electron chi connectivity index (χ0n) is 11.5. The quantitative estimate of drug-likeness (QED) is 0.619. The Morgan fingerprint density at radius 3 is 2.11 bits per heavy atom. The Hall–Kier alpha value is -1.05. The van der Waals surface area contributed by atoms with Gasteiger partial charge in [0.2, 0.25) is 0 Å². The Labute approximate surface area is 108 Å². The van der Waals surface area contributed by atoms with Crippen molar-refractivity contribution in [3.8, 4) is 0 Å². The van der Waals surface area contributed by atoms with Gasteiger partial charge in [0.15, 0.2) is 0 Å². The number of carboxylic acids is 1. The molecule has 0 amide bonds. The highest BCUT2D eigenvalue weighted by atomic mass is 16.7. The van der Waals surface area contributed by atoms with Crippen molar-refractivity contribution in [1.29, 1.82) is 0 Å². The van der Waals surface area contributed by atoms with Gasteiger partial charge in [-0.1, -0.05) is 0 Å². The minimum atomic E-state index is -1.10. The fraction of sp³-hybridized carbons (Fsp3) is 0.727. The van der Waals surface area contributed by atoms with E-state index in [1.54, 1.807) is 7.05 Å². The van der Waals surface area contributed by atoms with Crippen molar-refractivity contribution in [3.63, 3.8) is 0 Å². The Morgan fingerprint density at radius 1 is 1.33 bits per heavy atom. The molecule has 0 aromatic rings. The van der Waals surface area contributed by atoms with Crippen LogP contribution in [0.1, 0.15) is 27.7 Å². The summed E-state index contributed by atoms with van der Waals surface area (Å²) in [5.41, 5.74) is 5.04. The summed E-state index contributed by atoms with van der Waals surface area (Å²) in [5, 5.41) is 11.7. The number of hydrogen-bond acceptors (Lipinski definition) is 5. The van der Waals surface area contributed by atoms with Gasteiger partial charge in [0.25, 0.3) is 0 Å². The van der Waals surface area contributed by atoms with Crippen molar-refractivity contribution in [2.45, 2.75) is 44.9 Å². The van der Waals surface area contributed by atoms with Crippen molar-refractivity contribution in [3.05, 3.63) is 11.7 Å². The number of nitrogens with two attached hydrogens (primary N) is 1. The fourth-order valence-corrected chi connectivity index (χ4v) is 1.51. The molecule has 4 N–H and O–H groups in total. The fourth-order valence-electron chi connectivity index (χ4n) is 1.51. The first-order valence-corrected chi connectivity index (χ1v) is 5.84. The Balaban J connectivity index is 2.91. The molecule has 1 saturated heterocycles. The summed E-state index contributed by atoms with van der Waals surface area (Å²) < 4.78 is 11.6. The van der Waals surface area contributed by atoms with Gasteiger partial charge in [0, 0.05) is 12.6 Å². The van der Waals surface area contributed by atoms with E-state index in [1.165, 1.54) is 6.08 Å². The second kappa shape index (κ2) is 4.91. The summed E-state index contributed by atoms with van der Waals surface area (Å²) in [6.45, 7) is 7.71. The second-order valence-electron chi connectivity index (χ2n) is 5.32. The lowest BCUT2D eigenvalue weighted by Gasteiger charge is -2.32. The molecule has 0 aromatic heterocycles. The zero-order valence-corrected chi connectivity index (χ0v) is 11.5. The van der Waals surface area contributed by atoms with Crippen LogP contribution in [0.3, 0.4) is 0 Å². The standard InChI is InChI=1S/C11H21BN2O4/c1-10(2)11(3,4)18-12(17-10)8(14-5)6-7(13)9(15)16/h6-7,14H,13H2,1-5H3,(H,15,16)/b8-6-. The molecular formula is C11H21BN2O4. The molecule has 0 aromatic carbocycles. The van der Waals surface area contributed by atoms with Crippen molar-refractivity contribution in [2.75, 3.05) is 7.05 Å². The molecule has 1 fully saturated rings. The van der Waals surface area contributed by atoms with Crippen molar-refractivity contribution in [1.82, 2.24) is 5.32 Å². The third-order valence-electron chi connectivity index (χ3n) is 3.44. The van der Waals surface area contributed by atoms with Crippen LogP contribution in [0.15, 0.2) is 11.7 Å². The molecule has 0 spiro atoms. The Kier molecular flexibility index (Phi) is 4.10. The van der Waals surface area contributed by atoms with Crippen LogP contribution in [0.2, 0.25) is 0 Å². The zero-order chi connectivity index (χ0) is 14.1. The van der Waals surface area contributed by atoms with Gasteiger partial charge in [-0.2, -0.15) is 0 Å². The van der Waals surface area contributed by atoms with Crippen molar-refractivity contribution in [2.24, 2.45) is 5.73 Å². The van der Waals surface area contributed by atoms with Gasteiger partial charge in [0.05, 0.1) is 11.2 Å². The molecule has 1 atom stereocenters. The maximum atomic E-state index is 10.7. The number of hydrogen-bond donors (Lipinski definition) is 3. The largest absolute Gasteiger partial charge is 0.511 e. The lowest BCUT2D eigenvalue weighted by atomic mass is 9.83. The highest BCUT2D eigenvalue weighted by Crippen LogP contribution is 2.38. The minimum absolute atomic E-state index is 0.471. The molecule has 1 aliphatic heterocycles. The molecule has 7 heteroatoms. The lowest BCUT2D eigenvalue weighted by Crippen LogP contribution is -2.41. The van der Waals surface area contributed by atoms with Crippen LogP contribution < -0.4 is 11.1 Å². The van der Waals surface area contributed by atoms with Gasteiger partial charge in [-0.3, -0.25) is 4.79 Å². The number of aliphatic carboxylic acids is 1. The van der Waals surface area contributed by atoms with Crippen molar-refractivity contribution < 1.29 is 19.2 Å². The van der Waals surface area contributed by atoms with E-state index >= 15 is 0 Å². The van der Waals surface area contributed by atoms with E-state index in [4.69, 9.17) is 20.1 Å². The number of carboxylic acid groups (broad SMARTS) is 1. The Morgan fingerprint density at radius 2 is 1.78 bits per heavy atom. The molecule has 102 valence electrons. The third-order valence-corrected chi connectivity index (χ3v) is 3.44. The first kappa shape index (κ1) is 15.0. The van der Waals surface area contributed by atoms with E-state index in [0.717, 1.165) is 0 Å². The first-order valence-electron chi connectivity index (χ1n) is 5.84. The Bertz CT molecular complexity index is 352. The molecule has 6 nitrogen and oxygen atoms in total. The maximum absolute atomic E-state index is 10.7. The summed E-state index contributed by atoms with van der Waals surface area (Å²) in [6, 6.07) is -1.09. The summed E-state index contributed by atoms with van der Waals surface area (Å²) in [6.07, 6.45) is 1.39. The van der Waals surface area contributed by atoms with Gasteiger partial charge in [-0.05, 0) is 33.8 Å². The van der Waals surface area contributed by atoms with Gasteiger partial charge in [-0.25, -0.2) is 0 Å². The molecule has 0 saturated carbocycles. The van der Waals surface area contributed by atoms with Gasteiger partial charge in [0.1, 0.15) is 6.04 Å². The summed E-state index contributed by atoms with van der Waals surface area (Å²) in [7, 11) is 1.04. The monoisotopic (exact) mass is 256 g/mol. The number of rotatable bonds is 4. The molecule has 1 rings (SSSR count). The minimum Gasteiger partial charge on any atom is -0.480 e. The summed E-state index contributed by atoms with van der Waals surface area (Å²) in [4.78, 5) is 10.7. The third kappa shape index (κ3) is 2.85. The number of nitrogens with one attached hydrogen (secondary N) is 1. The predicted octanol–water partition coefficient (Wildman–Crippen LogP) is 0.133. The van der Waals surface area contributed by atoms with E-state index in [2.05, 4.69) is 5.32 Å². The normalized spacial score (nSPS) is 23.9. The van der Waals surface area contributed by atoms with E-state index in [-0.39, 0.29) is 0 Å². The highest BCUT2D eigenvalue weighted by Gasteiger charge is 2.52. The van der Waals surface area contributed by atoms with Gasteiger partial charge < -0.3 is 25.5 Å². The summed E-state index contributed by atoms with van der Waals surface area (Å²) in [5.74, 6) is -1.10. The smallest absolute Gasteiger partial charge is 0.480 e. The molecule has 0 radical (unpaired) electrons. The molecule has 0 bridgehead atoms. The molecule has 1 aliphatic rings.